The number of aliphatic imine (C=N–C) groups is 1. The van der Waals surface area contributed by atoms with Crippen LogP contribution < -0.4 is 10.6 Å². The summed E-state index contributed by atoms with van der Waals surface area (Å²) >= 11 is 0. The molecule has 0 radical (unpaired) electrons. The predicted octanol–water partition coefficient (Wildman–Crippen LogP) is -0.391. The summed E-state index contributed by atoms with van der Waals surface area (Å²) in [6.45, 7) is 4.87. The van der Waals surface area contributed by atoms with E-state index in [9.17, 15) is 8.42 Å². The van der Waals surface area contributed by atoms with Crippen LogP contribution in [0, 0.1) is 12.3 Å². The van der Waals surface area contributed by atoms with Gasteiger partial charge in [-0.3, -0.25) is 4.99 Å². The van der Waals surface area contributed by atoms with Crippen molar-refractivity contribution in [2.24, 2.45) is 4.99 Å². The average Bonchev–Trinajstić information content (AvgIpc) is 2.25. The van der Waals surface area contributed by atoms with Gasteiger partial charge in [-0.05, 0) is 6.92 Å². The third-order valence-corrected chi connectivity index (χ3v) is 3.50. The Kier molecular flexibility index (Phi) is 7.38. The molecule has 0 aliphatic carbocycles. The zero-order chi connectivity index (χ0) is 12.4. The molecule has 6 heteroatoms. The van der Waals surface area contributed by atoms with E-state index in [1.807, 2.05) is 6.92 Å². The second-order valence-electron chi connectivity index (χ2n) is 3.05. The lowest BCUT2D eigenvalue weighted by molar-refractivity contribution is 0.597. The second-order valence-corrected chi connectivity index (χ2v) is 5.53. The van der Waals surface area contributed by atoms with Crippen LogP contribution in [-0.2, 0) is 9.84 Å². The SMILES string of the molecule is C#CCNC(=NCCS(=O)(=O)CC)NCC. The van der Waals surface area contributed by atoms with E-state index in [1.165, 1.54) is 0 Å². The number of hydrogen-bond acceptors (Lipinski definition) is 3. The first-order valence-electron chi connectivity index (χ1n) is 5.21. The molecule has 0 aliphatic heterocycles. The summed E-state index contributed by atoms with van der Waals surface area (Å²) < 4.78 is 22.4. The fourth-order valence-electron chi connectivity index (χ4n) is 0.917. The Morgan fingerprint density at radius 3 is 2.56 bits per heavy atom. The maximum atomic E-state index is 11.2. The topological polar surface area (TPSA) is 70.6 Å². The molecule has 0 saturated heterocycles. The van der Waals surface area contributed by atoms with Crippen molar-refractivity contribution < 1.29 is 8.42 Å². The van der Waals surface area contributed by atoms with E-state index in [0.29, 0.717) is 19.0 Å². The molecule has 0 aromatic rings. The van der Waals surface area contributed by atoms with E-state index in [0.717, 1.165) is 0 Å². The van der Waals surface area contributed by atoms with Crippen LogP contribution in [0.2, 0.25) is 0 Å². The largest absolute Gasteiger partial charge is 0.357 e. The Hall–Kier alpha value is -1.22. The number of sulfone groups is 1. The molecule has 92 valence electrons. The fourth-order valence-corrected chi connectivity index (χ4v) is 1.58. The molecule has 0 atom stereocenters. The van der Waals surface area contributed by atoms with Crippen LogP contribution in [0.25, 0.3) is 0 Å². The molecule has 2 N–H and O–H groups in total. The van der Waals surface area contributed by atoms with Crippen molar-refractivity contribution in [2.45, 2.75) is 13.8 Å². The zero-order valence-corrected chi connectivity index (χ0v) is 10.6. The molecule has 0 spiro atoms. The maximum absolute atomic E-state index is 11.2. The average molecular weight is 245 g/mol. The van der Waals surface area contributed by atoms with Crippen molar-refractivity contribution in [1.29, 1.82) is 0 Å². The highest BCUT2D eigenvalue weighted by molar-refractivity contribution is 7.91. The summed E-state index contributed by atoms with van der Waals surface area (Å²) in [6.07, 6.45) is 5.10. The number of hydrogen-bond donors (Lipinski definition) is 2. The molecule has 16 heavy (non-hydrogen) atoms. The first kappa shape index (κ1) is 14.8. The summed E-state index contributed by atoms with van der Waals surface area (Å²) in [6, 6.07) is 0. The minimum atomic E-state index is -2.95. The Morgan fingerprint density at radius 2 is 2.06 bits per heavy atom. The van der Waals surface area contributed by atoms with Gasteiger partial charge in [-0.1, -0.05) is 12.8 Å². The van der Waals surface area contributed by atoms with E-state index < -0.39 is 9.84 Å². The van der Waals surface area contributed by atoms with Gasteiger partial charge in [0.1, 0.15) is 0 Å². The van der Waals surface area contributed by atoms with E-state index >= 15 is 0 Å². The Morgan fingerprint density at radius 1 is 1.38 bits per heavy atom. The lowest BCUT2D eigenvalue weighted by Crippen LogP contribution is -2.37. The van der Waals surface area contributed by atoms with Crippen molar-refractivity contribution in [3.05, 3.63) is 0 Å². The van der Waals surface area contributed by atoms with Gasteiger partial charge in [0.15, 0.2) is 15.8 Å². The monoisotopic (exact) mass is 245 g/mol. The Balaban J connectivity index is 4.19. The summed E-state index contributed by atoms with van der Waals surface area (Å²) in [7, 11) is -2.95. The smallest absolute Gasteiger partial charge is 0.192 e. The molecule has 0 aromatic carbocycles. The van der Waals surface area contributed by atoms with Crippen LogP contribution in [0.15, 0.2) is 4.99 Å². The third kappa shape index (κ3) is 7.12. The fraction of sp³-hybridized carbons (Fsp3) is 0.700. The molecule has 0 amide bonds. The molecule has 0 fully saturated rings. The first-order valence-corrected chi connectivity index (χ1v) is 7.04. The Bertz CT molecular complexity index is 355. The van der Waals surface area contributed by atoms with Crippen molar-refractivity contribution >= 4 is 15.8 Å². The van der Waals surface area contributed by atoms with Crippen LogP contribution in [0.5, 0.6) is 0 Å². The van der Waals surface area contributed by atoms with E-state index in [-0.39, 0.29) is 18.1 Å². The highest BCUT2D eigenvalue weighted by Crippen LogP contribution is 1.89. The lowest BCUT2D eigenvalue weighted by atomic mass is 10.6. The molecule has 0 bridgehead atoms. The molecule has 0 aliphatic rings. The van der Waals surface area contributed by atoms with Gasteiger partial charge >= 0.3 is 0 Å². The minimum absolute atomic E-state index is 0.0656. The van der Waals surface area contributed by atoms with E-state index in [1.54, 1.807) is 6.92 Å². The van der Waals surface area contributed by atoms with Gasteiger partial charge in [-0.25, -0.2) is 8.42 Å². The normalized spacial score (nSPS) is 11.9. The Labute approximate surface area is 97.6 Å². The molecule has 0 heterocycles. The van der Waals surface area contributed by atoms with Gasteiger partial charge in [0, 0.05) is 12.3 Å². The molecule has 0 aromatic heterocycles. The first-order chi connectivity index (χ1) is 7.55. The van der Waals surface area contributed by atoms with Crippen LogP contribution in [-0.4, -0.2) is 45.5 Å². The summed E-state index contributed by atoms with van der Waals surface area (Å²) in [5.41, 5.74) is 0. The molecular weight excluding hydrogens is 226 g/mol. The third-order valence-electron chi connectivity index (χ3n) is 1.81. The van der Waals surface area contributed by atoms with Gasteiger partial charge in [-0.2, -0.15) is 0 Å². The maximum Gasteiger partial charge on any atom is 0.192 e. The van der Waals surface area contributed by atoms with E-state index in [4.69, 9.17) is 6.42 Å². The van der Waals surface area contributed by atoms with Crippen molar-refractivity contribution in [3.8, 4) is 12.3 Å². The molecule has 5 nitrogen and oxygen atoms in total. The molecule has 0 unspecified atom stereocenters. The van der Waals surface area contributed by atoms with Gasteiger partial charge in [0.2, 0.25) is 0 Å². The van der Waals surface area contributed by atoms with Gasteiger partial charge in [-0.15, -0.1) is 6.42 Å². The van der Waals surface area contributed by atoms with Gasteiger partial charge in [0.25, 0.3) is 0 Å². The highest BCUT2D eigenvalue weighted by atomic mass is 32.2. The van der Waals surface area contributed by atoms with Crippen LogP contribution >= 0.6 is 0 Å². The van der Waals surface area contributed by atoms with Crippen molar-refractivity contribution in [3.63, 3.8) is 0 Å². The number of terminal acetylenes is 1. The van der Waals surface area contributed by atoms with Crippen LogP contribution in [0.1, 0.15) is 13.8 Å². The van der Waals surface area contributed by atoms with Crippen molar-refractivity contribution in [1.82, 2.24) is 10.6 Å². The number of guanidine groups is 1. The molecular formula is C10H19N3O2S. The summed E-state index contributed by atoms with van der Waals surface area (Å²) in [5, 5.41) is 5.85. The molecule has 0 rings (SSSR count). The minimum Gasteiger partial charge on any atom is -0.357 e. The lowest BCUT2D eigenvalue weighted by Gasteiger charge is -2.08. The van der Waals surface area contributed by atoms with Gasteiger partial charge < -0.3 is 10.6 Å². The number of nitrogens with one attached hydrogen (secondary N) is 2. The summed E-state index contributed by atoms with van der Waals surface area (Å²) in [5.74, 6) is 3.19. The predicted molar refractivity (Wildman–Crippen MR) is 67.1 cm³/mol. The number of rotatable bonds is 6. The highest BCUT2D eigenvalue weighted by Gasteiger charge is 2.06. The van der Waals surface area contributed by atoms with Gasteiger partial charge in [0.05, 0.1) is 18.8 Å². The summed E-state index contributed by atoms with van der Waals surface area (Å²) in [4.78, 5) is 4.10. The second kappa shape index (κ2) is 7.99. The standard InChI is InChI=1S/C10H19N3O2S/c1-4-7-12-10(11-5-2)13-8-9-16(14,15)6-3/h1H,5-9H2,2-3H3,(H2,11,12,13). The van der Waals surface area contributed by atoms with Crippen LogP contribution in [0.4, 0.5) is 0 Å². The van der Waals surface area contributed by atoms with E-state index in [2.05, 4.69) is 21.5 Å². The number of nitrogens with zero attached hydrogens (tertiary/aromatic N) is 1. The molecule has 0 saturated carbocycles. The van der Waals surface area contributed by atoms with Crippen molar-refractivity contribution in [2.75, 3.05) is 31.1 Å². The zero-order valence-electron chi connectivity index (χ0n) is 9.78. The quantitative estimate of drug-likeness (QED) is 0.380. The van der Waals surface area contributed by atoms with Crippen LogP contribution in [0.3, 0.4) is 0 Å².